The van der Waals surface area contributed by atoms with Crippen molar-refractivity contribution in [2.75, 3.05) is 46.2 Å². The van der Waals surface area contributed by atoms with Gasteiger partial charge in [-0.25, -0.2) is 4.39 Å². The number of nitrogens with zero attached hydrogens (tertiary/aromatic N) is 2. The summed E-state index contributed by atoms with van der Waals surface area (Å²) in [7, 11) is 0. The fourth-order valence-electron chi connectivity index (χ4n) is 4.00. The molecular weight excluding hydrogens is 339 g/mol. The molecule has 0 saturated carbocycles. The van der Waals surface area contributed by atoms with Crippen molar-refractivity contribution in [3.8, 4) is 5.75 Å². The number of fused-ring (bicyclic) bond motifs is 1. The third-order valence-electron chi connectivity index (χ3n) is 5.41. The van der Waals surface area contributed by atoms with Crippen molar-refractivity contribution in [3.05, 3.63) is 29.1 Å². The van der Waals surface area contributed by atoms with Gasteiger partial charge in [0.15, 0.2) is 6.79 Å². The predicted octanol–water partition coefficient (Wildman–Crippen LogP) is 1.76. The van der Waals surface area contributed by atoms with Gasteiger partial charge >= 0.3 is 0 Å². The quantitative estimate of drug-likeness (QED) is 0.818. The minimum absolute atomic E-state index is 0.0930. The van der Waals surface area contributed by atoms with Crippen molar-refractivity contribution < 1.29 is 23.4 Å². The smallest absolute Gasteiger partial charge is 0.225 e. The number of halogens is 1. The SMILES string of the molecule is O=C(C1CCN(Cc2cc(F)cc3c2OCOC3)CC1)N1CCOCC1. The molecule has 3 heterocycles. The molecule has 0 radical (unpaired) electrons. The maximum atomic E-state index is 13.9. The molecule has 0 atom stereocenters. The number of piperidine rings is 1. The number of amides is 1. The van der Waals surface area contributed by atoms with E-state index in [0.29, 0.717) is 39.5 Å². The minimum atomic E-state index is -0.259. The Morgan fingerprint density at radius 3 is 2.65 bits per heavy atom. The second-order valence-electron chi connectivity index (χ2n) is 7.15. The van der Waals surface area contributed by atoms with E-state index in [0.717, 1.165) is 42.8 Å². The van der Waals surface area contributed by atoms with E-state index in [9.17, 15) is 9.18 Å². The van der Waals surface area contributed by atoms with Gasteiger partial charge in [0.1, 0.15) is 11.6 Å². The molecule has 0 bridgehead atoms. The summed E-state index contributed by atoms with van der Waals surface area (Å²) < 4.78 is 30.1. The molecule has 6 nitrogen and oxygen atoms in total. The Kier molecular flexibility index (Phi) is 5.38. The highest BCUT2D eigenvalue weighted by atomic mass is 19.1. The average molecular weight is 364 g/mol. The van der Waals surface area contributed by atoms with Crippen molar-refractivity contribution in [2.24, 2.45) is 5.92 Å². The van der Waals surface area contributed by atoms with Crippen LogP contribution in [0.2, 0.25) is 0 Å². The van der Waals surface area contributed by atoms with Crippen LogP contribution in [0.5, 0.6) is 5.75 Å². The van der Waals surface area contributed by atoms with Gasteiger partial charge in [-0.2, -0.15) is 0 Å². The summed E-state index contributed by atoms with van der Waals surface area (Å²) in [5, 5.41) is 0. The molecule has 1 aromatic carbocycles. The number of hydrogen-bond acceptors (Lipinski definition) is 5. The highest BCUT2D eigenvalue weighted by Crippen LogP contribution is 2.31. The van der Waals surface area contributed by atoms with Crippen LogP contribution in [0.25, 0.3) is 0 Å². The predicted molar refractivity (Wildman–Crippen MR) is 92.1 cm³/mol. The molecule has 7 heteroatoms. The van der Waals surface area contributed by atoms with Crippen LogP contribution in [0.3, 0.4) is 0 Å². The van der Waals surface area contributed by atoms with Gasteiger partial charge in [-0.1, -0.05) is 0 Å². The monoisotopic (exact) mass is 364 g/mol. The number of carbonyl (C=O) groups is 1. The van der Waals surface area contributed by atoms with Crippen LogP contribution in [0.15, 0.2) is 12.1 Å². The second-order valence-corrected chi connectivity index (χ2v) is 7.15. The van der Waals surface area contributed by atoms with E-state index in [-0.39, 0.29) is 24.4 Å². The molecule has 1 aromatic rings. The molecule has 3 aliphatic rings. The Bertz CT molecular complexity index is 655. The molecule has 0 aliphatic carbocycles. The summed E-state index contributed by atoms with van der Waals surface area (Å²) in [5.41, 5.74) is 1.63. The summed E-state index contributed by atoms with van der Waals surface area (Å²) >= 11 is 0. The van der Waals surface area contributed by atoms with Crippen LogP contribution in [0.4, 0.5) is 4.39 Å². The van der Waals surface area contributed by atoms with E-state index in [2.05, 4.69) is 4.90 Å². The van der Waals surface area contributed by atoms with Gasteiger partial charge in [-0.15, -0.1) is 0 Å². The van der Waals surface area contributed by atoms with Gasteiger partial charge in [-0.3, -0.25) is 9.69 Å². The molecule has 3 aliphatic heterocycles. The first kappa shape index (κ1) is 17.7. The number of morpholine rings is 1. The van der Waals surface area contributed by atoms with Gasteiger partial charge in [0, 0.05) is 36.7 Å². The van der Waals surface area contributed by atoms with Gasteiger partial charge in [-0.05, 0) is 38.1 Å². The van der Waals surface area contributed by atoms with Crippen molar-refractivity contribution in [1.29, 1.82) is 0 Å². The number of carbonyl (C=O) groups excluding carboxylic acids is 1. The Hall–Kier alpha value is -1.70. The fourth-order valence-corrected chi connectivity index (χ4v) is 4.00. The number of rotatable bonds is 3. The van der Waals surface area contributed by atoms with E-state index >= 15 is 0 Å². The summed E-state index contributed by atoms with van der Waals surface area (Å²) in [6.07, 6.45) is 1.69. The van der Waals surface area contributed by atoms with Crippen LogP contribution in [-0.2, 0) is 27.4 Å². The number of likely N-dealkylation sites (tertiary alicyclic amines) is 1. The summed E-state index contributed by atoms with van der Waals surface area (Å²) in [5.74, 6) is 0.849. The molecular formula is C19H25FN2O4. The first-order valence-corrected chi connectivity index (χ1v) is 9.31. The molecule has 0 N–H and O–H groups in total. The lowest BCUT2D eigenvalue weighted by Gasteiger charge is -2.35. The zero-order chi connectivity index (χ0) is 17.9. The largest absolute Gasteiger partial charge is 0.467 e. The van der Waals surface area contributed by atoms with Crippen molar-refractivity contribution in [2.45, 2.75) is 26.0 Å². The zero-order valence-electron chi connectivity index (χ0n) is 14.9. The van der Waals surface area contributed by atoms with Crippen LogP contribution in [-0.4, -0.2) is 61.9 Å². The maximum absolute atomic E-state index is 13.9. The molecule has 2 fully saturated rings. The number of benzene rings is 1. The Morgan fingerprint density at radius 2 is 1.88 bits per heavy atom. The van der Waals surface area contributed by atoms with E-state index in [1.165, 1.54) is 6.07 Å². The maximum Gasteiger partial charge on any atom is 0.225 e. The van der Waals surface area contributed by atoms with Crippen LogP contribution in [0, 0.1) is 11.7 Å². The molecule has 26 heavy (non-hydrogen) atoms. The summed E-state index contributed by atoms with van der Waals surface area (Å²) in [6, 6.07) is 3.03. The van der Waals surface area contributed by atoms with Crippen LogP contribution >= 0.6 is 0 Å². The van der Waals surface area contributed by atoms with Gasteiger partial charge in [0.2, 0.25) is 5.91 Å². The van der Waals surface area contributed by atoms with Crippen LogP contribution in [0.1, 0.15) is 24.0 Å². The molecule has 4 rings (SSSR count). The molecule has 0 spiro atoms. The lowest BCUT2D eigenvalue weighted by atomic mass is 9.94. The summed E-state index contributed by atoms with van der Waals surface area (Å²) in [4.78, 5) is 16.8. The lowest BCUT2D eigenvalue weighted by molar-refractivity contribution is -0.141. The summed E-state index contributed by atoms with van der Waals surface area (Å²) in [6.45, 7) is 5.58. The third-order valence-corrected chi connectivity index (χ3v) is 5.41. The Morgan fingerprint density at radius 1 is 1.12 bits per heavy atom. The standard InChI is InChI=1S/C19H25FN2O4/c20-17-9-15(18-16(10-17)12-25-13-26-18)11-21-3-1-14(2-4-21)19(23)22-5-7-24-8-6-22/h9-10,14H,1-8,11-13H2. The van der Waals surface area contributed by atoms with E-state index < -0.39 is 0 Å². The van der Waals surface area contributed by atoms with E-state index in [1.54, 1.807) is 6.07 Å². The molecule has 0 aromatic heterocycles. The van der Waals surface area contributed by atoms with E-state index in [1.807, 2.05) is 4.90 Å². The van der Waals surface area contributed by atoms with Gasteiger partial charge < -0.3 is 19.1 Å². The third kappa shape index (κ3) is 3.84. The number of hydrogen-bond donors (Lipinski definition) is 0. The first-order valence-electron chi connectivity index (χ1n) is 9.31. The average Bonchev–Trinajstić information content (AvgIpc) is 2.68. The zero-order valence-corrected chi connectivity index (χ0v) is 14.9. The molecule has 142 valence electrons. The van der Waals surface area contributed by atoms with Crippen molar-refractivity contribution >= 4 is 5.91 Å². The van der Waals surface area contributed by atoms with E-state index in [4.69, 9.17) is 14.2 Å². The Balaban J connectivity index is 1.35. The topological polar surface area (TPSA) is 51.2 Å². The lowest BCUT2D eigenvalue weighted by Crippen LogP contribution is -2.46. The van der Waals surface area contributed by atoms with Gasteiger partial charge in [0.05, 0.1) is 19.8 Å². The second kappa shape index (κ2) is 7.90. The molecule has 1 amide bonds. The van der Waals surface area contributed by atoms with Crippen molar-refractivity contribution in [1.82, 2.24) is 9.80 Å². The molecule has 2 saturated heterocycles. The van der Waals surface area contributed by atoms with Gasteiger partial charge in [0.25, 0.3) is 0 Å². The minimum Gasteiger partial charge on any atom is -0.467 e. The highest BCUT2D eigenvalue weighted by Gasteiger charge is 2.30. The fraction of sp³-hybridized carbons (Fsp3) is 0.632. The Labute approximate surface area is 152 Å². The normalized spacial score (nSPS) is 22.0. The number of ether oxygens (including phenoxy) is 3. The first-order chi connectivity index (χ1) is 12.7. The highest BCUT2D eigenvalue weighted by molar-refractivity contribution is 5.79. The molecule has 0 unspecified atom stereocenters. The van der Waals surface area contributed by atoms with Crippen LogP contribution < -0.4 is 4.74 Å². The van der Waals surface area contributed by atoms with Crippen molar-refractivity contribution in [3.63, 3.8) is 0 Å².